The molecule has 0 heterocycles. The average molecular weight is 296 g/mol. The van der Waals surface area contributed by atoms with Crippen LogP contribution in [-0.4, -0.2) is 24.2 Å². The topological polar surface area (TPSA) is 40.5 Å². The molecule has 0 aliphatic heterocycles. The molecule has 0 saturated carbocycles. The van der Waals surface area contributed by atoms with Crippen LogP contribution < -0.4 is 4.90 Å². The minimum absolute atomic E-state index is 0.102. The minimum atomic E-state index is -0.984. The van der Waals surface area contributed by atoms with E-state index in [1.165, 1.54) is 0 Å². The molecule has 20 heavy (non-hydrogen) atoms. The van der Waals surface area contributed by atoms with Gasteiger partial charge in [0.2, 0.25) is 0 Å². The molecule has 1 unspecified atom stereocenters. The van der Waals surface area contributed by atoms with Gasteiger partial charge in [-0.05, 0) is 30.5 Å². The number of aliphatic carboxylic acids is 1. The predicted octanol–water partition coefficient (Wildman–Crippen LogP) is 4.31. The van der Waals surface area contributed by atoms with Gasteiger partial charge in [0, 0.05) is 35.4 Å². The lowest BCUT2D eigenvalue weighted by Gasteiger charge is -2.37. The van der Waals surface area contributed by atoms with E-state index >= 15 is 0 Å². The van der Waals surface area contributed by atoms with Crippen LogP contribution in [-0.2, 0) is 4.79 Å². The maximum Gasteiger partial charge on any atom is 0.328 e. The molecular formula is C16H22ClNO2. The summed E-state index contributed by atoms with van der Waals surface area (Å²) in [6.07, 6.45) is 2.66. The average Bonchev–Trinajstić information content (AvgIpc) is 2.34. The fraction of sp³-hybridized carbons (Fsp3) is 0.438. The third-order valence-corrected chi connectivity index (χ3v) is 3.97. The molecule has 0 aliphatic carbocycles. The van der Waals surface area contributed by atoms with Crippen molar-refractivity contribution in [3.05, 3.63) is 34.9 Å². The number of anilines is 1. The van der Waals surface area contributed by atoms with Gasteiger partial charge in [-0.15, -0.1) is 0 Å². The van der Waals surface area contributed by atoms with E-state index in [4.69, 9.17) is 16.7 Å². The van der Waals surface area contributed by atoms with Crippen LogP contribution in [0, 0.1) is 5.41 Å². The van der Waals surface area contributed by atoms with Gasteiger partial charge in [0.1, 0.15) is 0 Å². The maximum absolute atomic E-state index is 10.7. The van der Waals surface area contributed by atoms with Gasteiger partial charge in [0.05, 0.1) is 0 Å². The molecule has 0 aromatic heterocycles. The van der Waals surface area contributed by atoms with E-state index in [-0.39, 0.29) is 11.5 Å². The van der Waals surface area contributed by atoms with Crippen LogP contribution in [0.15, 0.2) is 24.3 Å². The first-order valence-corrected chi connectivity index (χ1v) is 6.94. The monoisotopic (exact) mass is 295 g/mol. The van der Waals surface area contributed by atoms with E-state index in [0.717, 1.165) is 17.3 Å². The van der Waals surface area contributed by atoms with Crippen molar-refractivity contribution in [3.63, 3.8) is 0 Å². The highest BCUT2D eigenvalue weighted by Gasteiger charge is 2.25. The Labute approximate surface area is 125 Å². The zero-order valence-corrected chi connectivity index (χ0v) is 13.4. The summed E-state index contributed by atoms with van der Waals surface area (Å²) in [4.78, 5) is 12.8. The highest BCUT2D eigenvalue weighted by atomic mass is 35.5. The molecule has 1 aromatic carbocycles. The van der Waals surface area contributed by atoms with Gasteiger partial charge < -0.3 is 10.0 Å². The number of hydrogen-bond acceptors (Lipinski definition) is 2. The molecule has 0 aliphatic rings. The van der Waals surface area contributed by atoms with Gasteiger partial charge in [-0.1, -0.05) is 38.4 Å². The molecule has 0 amide bonds. The molecule has 0 saturated heterocycles. The van der Waals surface area contributed by atoms with Crippen LogP contribution >= 0.6 is 11.6 Å². The summed E-state index contributed by atoms with van der Waals surface area (Å²) in [5.41, 5.74) is 1.76. The highest BCUT2D eigenvalue weighted by Crippen LogP contribution is 2.33. The summed E-state index contributed by atoms with van der Waals surface area (Å²) in [5.74, 6) is -0.984. The maximum atomic E-state index is 10.7. The molecular weight excluding hydrogens is 274 g/mol. The molecule has 1 aromatic rings. The number of carboxylic acids is 1. The first-order valence-electron chi connectivity index (χ1n) is 6.57. The van der Waals surface area contributed by atoms with Crippen molar-refractivity contribution in [1.29, 1.82) is 0 Å². The zero-order chi connectivity index (χ0) is 15.5. The lowest BCUT2D eigenvalue weighted by atomic mass is 9.86. The summed E-state index contributed by atoms with van der Waals surface area (Å²) in [7, 11) is 2.00. The molecule has 3 nitrogen and oxygen atoms in total. The van der Waals surface area contributed by atoms with Crippen LogP contribution in [0.2, 0.25) is 5.02 Å². The van der Waals surface area contributed by atoms with E-state index in [1.54, 1.807) is 12.1 Å². The number of hydrogen-bond donors (Lipinski definition) is 1. The van der Waals surface area contributed by atoms with Crippen molar-refractivity contribution in [2.45, 2.75) is 33.7 Å². The fourth-order valence-electron chi connectivity index (χ4n) is 1.94. The molecule has 0 radical (unpaired) electrons. The molecule has 1 rings (SSSR count). The van der Waals surface area contributed by atoms with Gasteiger partial charge in [0.25, 0.3) is 0 Å². The second kappa shape index (κ2) is 6.31. The van der Waals surface area contributed by atoms with Crippen molar-refractivity contribution in [3.8, 4) is 0 Å². The fourth-order valence-corrected chi connectivity index (χ4v) is 2.17. The Morgan fingerprint density at radius 2 is 2.00 bits per heavy atom. The predicted molar refractivity (Wildman–Crippen MR) is 85.4 cm³/mol. The highest BCUT2D eigenvalue weighted by molar-refractivity contribution is 6.32. The van der Waals surface area contributed by atoms with Crippen molar-refractivity contribution in [2.75, 3.05) is 11.9 Å². The van der Waals surface area contributed by atoms with Crippen molar-refractivity contribution < 1.29 is 9.90 Å². The third-order valence-electron chi connectivity index (χ3n) is 3.64. The van der Waals surface area contributed by atoms with Crippen molar-refractivity contribution in [1.82, 2.24) is 0 Å². The second-order valence-corrected chi connectivity index (χ2v) is 6.40. The smallest absolute Gasteiger partial charge is 0.328 e. The Balaban J connectivity index is 3.24. The first kappa shape index (κ1) is 16.6. The van der Waals surface area contributed by atoms with Gasteiger partial charge in [-0.25, -0.2) is 4.79 Å². The van der Waals surface area contributed by atoms with Crippen LogP contribution in [0.3, 0.4) is 0 Å². The molecule has 1 atom stereocenters. The Hall–Kier alpha value is -1.48. The quantitative estimate of drug-likeness (QED) is 0.842. The van der Waals surface area contributed by atoms with E-state index in [2.05, 4.69) is 32.6 Å². The minimum Gasteiger partial charge on any atom is -0.478 e. The number of carbonyl (C=O) groups is 1. The summed E-state index contributed by atoms with van der Waals surface area (Å²) >= 11 is 6.21. The number of rotatable bonds is 4. The summed E-state index contributed by atoms with van der Waals surface area (Å²) in [6.45, 7) is 8.66. The Kier molecular flexibility index (Phi) is 5.23. The Bertz CT molecular complexity index is 518. The number of carboxylic acid groups (broad SMARTS) is 1. The molecule has 4 heteroatoms. The summed E-state index contributed by atoms with van der Waals surface area (Å²) in [5, 5.41) is 9.34. The van der Waals surface area contributed by atoms with Gasteiger partial charge in [-0.3, -0.25) is 0 Å². The lowest BCUT2D eigenvalue weighted by Crippen LogP contribution is -2.39. The summed E-state index contributed by atoms with van der Waals surface area (Å²) in [6, 6.07) is 5.87. The molecule has 0 bridgehead atoms. The van der Waals surface area contributed by atoms with E-state index < -0.39 is 5.97 Å². The van der Waals surface area contributed by atoms with E-state index in [9.17, 15) is 4.79 Å². The normalized spacial score (nSPS) is 13.5. The van der Waals surface area contributed by atoms with E-state index in [1.807, 2.05) is 19.2 Å². The molecule has 0 fully saturated rings. The first-order chi connectivity index (χ1) is 9.14. The SMILES string of the molecule is CC(N(C)c1cccc(Cl)c1C=CC(=O)O)C(C)(C)C. The largest absolute Gasteiger partial charge is 0.478 e. The number of benzene rings is 1. The summed E-state index contributed by atoms with van der Waals surface area (Å²) < 4.78 is 0. The van der Waals surface area contributed by atoms with Crippen LogP contribution in [0.4, 0.5) is 5.69 Å². The van der Waals surface area contributed by atoms with E-state index in [0.29, 0.717) is 5.02 Å². The Morgan fingerprint density at radius 3 is 2.50 bits per heavy atom. The van der Waals surface area contributed by atoms with Gasteiger partial charge in [-0.2, -0.15) is 0 Å². The van der Waals surface area contributed by atoms with Crippen molar-refractivity contribution >= 4 is 29.3 Å². The van der Waals surface area contributed by atoms with Crippen molar-refractivity contribution in [2.24, 2.45) is 5.41 Å². The number of nitrogens with zero attached hydrogens (tertiary/aromatic N) is 1. The third kappa shape index (κ3) is 4.01. The molecule has 1 N–H and O–H groups in total. The molecule has 0 spiro atoms. The van der Waals surface area contributed by atoms with Gasteiger partial charge >= 0.3 is 5.97 Å². The van der Waals surface area contributed by atoms with Crippen LogP contribution in [0.5, 0.6) is 0 Å². The second-order valence-electron chi connectivity index (χ2n) is 6.00. The van der Waals surface area contributed by atoms with Crippen LogP contribution in [0.25, 0.3) is 6.08 Å². The number of halogens is 1. The standard InChI is InChI=1S/C16H22ClNO2/c1-11(16(2,3)4)18(5)14-8-6-7-13(17)12(14)9-10-15(19)20/h6-11H,1-5H3,(H,19,20). The Morgan fingerprint density at radius 1 is 1.40 bits per heavy atom. The van der Waals surface area contributed by atoms with Crippen LogP contribution in [0.1, 0.15) is 33.3 Å². The van der Waals surface area contributed by atoms with Gasteiger partial charge in [0.15, 0.2) is 0 Å². The lowest BCUT2D eigenvalue weighted by molar-refractivity contribution is -0.131. The molecule has 110 valence electrons. The zero-order valence-electron chi connectivity index (χ0n) is 12.6.